The summed E-state index contributed by atoms with van der Waals surface area (Å²) in [5.74, 6) is 0. The van der Waals surface area contributed by atoms with Crippen LogP contribution in [-0.4, -0.2) is 11.3 Å². The van der Waals surface area contributed by atoms with Crippen LogP contribution in [0.4, 0.5) is 34.1 Å². The molecule has 0 radical (unpaired) electrons. The molecular weight excluding hydrogens is 1310 g/mol. The van der Waals surface area contributed by atoms with E-state index in [0.717, 1.165) is 45.2 Å². The van der Waals surface area contributed by atoms with Crippen molar-refractivity contribution in [2.45, 2.75) is 16.2 Å². The van der Waals surface area contributed by atoms with Gasteiger partial charge in [-0.25, -0.2) is 0 Å². The van der Waals surface area contributed by atoms with E-state index in [-0.39, 0.29) is 6.71 Å². The summed E-state index contributed by atoms with van der Waals surface area (Å²) in [5.41, 5.74) is 45.7. The zero-order chi connectivity index (χ0) is 70.7. The van der Waals surface area contributed by atoms with Gasteiger partial charge in [-0.15, -0.1) is 0 Å². The fourth-order valence-corrected chi connectivity index (χ4v) is 23.0. The number of aromatic nitrogens is 1. The largest absolute Gasteiger partial charge is 0.311 e. The van der Waals surface area contributed by atoms with Gasteiger partial charge in [-0.3, -0.25) is 0 Å². The van der Waals surface area contributed by atoms with Crippen LogP contribution < -0.4 is 26.2 Å². The molecule has 0 fully saturated rings. The number of benzene rings is 17. The molecule has 3 nitrogen and oxygen atoms in total. The maximum Gasteiger partial charge on any atom is 0.252 e. The molecule has 0 amide bonds. The summed E-state index contributed by atoms with van der Waals surface area (Å²) >= 11 is 0. The van der Waals surface area contributed by atoms with Gasteiger partial charge in [0, 0.05) is 44.6 Å². The normalized spacial score (nSPS) is 15.0. The molecule has 0 N–H and O–H groups in total. The first-order valence-corrected chi connectivity index (χ1v) is 38.4. The first kappa shape index (κ1) is 58.5. The SMILES string of the molecule is c1ccc(-c2ccc3c(c2)B2c4c(cc(-n5c6ccccc6c6ccccc65)cc4N(c4cccc5c4C4(c6ccccc6-c6ccccc64)c4ccccc4-5)c4ccc5c(c42)-c2ccccc2C52c4ccccc4-c4ccccc42)N3c2cccc3c2-c2ccccc2C32c3ccccc3-c3ccccc32)cc1. The molecule has 8 aliphatic rings. The molecule has 0 atom stereocenters. The third-order valence-corrected chi connectivity index (χ3v) is 26.6. The highest BCUT2D eigenvalue weighted by atomic mass is 15.2. The van der Waals surface area contributed by atoms with E-state index in [4.69, 9.17) is 0 Å². The van der Waals surface area contributed by atoms with Crippen LogP contribution in [0, 0.1) is 0 Å². The smallest absolute Gasteiger partial charge is 0.252 e. The fraction of sp³-hybridized carbons (Fsp3) is 0.0286. The summed E-state index contributed by atoms with van der Waals surface area (Å²) in [7, 11) is 0. The third-order valence-electron chi connectivity index (χ3n) is 26.6. The van der Waals surface area contributed by atoms with Crippen LogP contribution in [0.1, 0.15) is 66.8 Å². The molecule has 0 saturated heterocycles. The van der Waals surface area contributed by atoms with Crippen LogP contribution >= 0.6 is 0 Å². The lowest BCUT2D eigenvalue weighted by atomic mass is 9.32. The molecule has 109 heavy (non-hydrogen) atoms. The summed E-state index contributed by atoms with van der Waals surface area (Å²) in [4.78, 5) is 5.55. The summed E-state index contributed by atoms with van der Waals surface area (Å²) < 4.78 is 2.58. The van der Waals surface area contributed by atoms with Gasteiger partial charge in [0.05, 0.1) is 44.3 Å². The van der Waals surface area contributed by atoms with Crippen LogP contribution in [0.5, 0.6) is 0 Å². The zero-order valence-corrected chi connectivity index (χ0v) is 59.2. The van der Waals surface area contributed by atoms with Crippen molar-refractivity contribution in [3.63, 3.8) is 0 Å². The number of hydrogen-bond acceptors (Lipinski definition) is 2. The molecule has 26 rings (SSSR count). The predicted octanol–water partition coefficient (Wildman–Crippen LogP) is 23.6. The summed E-state index contributed by atoms with van der Waals surface area (Å²) in [6, 6.07) is 146. The molecule has 4 heteroatoms. The first-order valence-electron chi connectivity index (χ1n) is 38.4. The number of anilines is 6. The average Bonchev–Trinajstić information content (AvgIpc) is 1.38. The zero-order valence-electron chi connectivity index (χ0n) is 59.2. The second-order valence-electron chi connectivity index (χ2n) is 31.0. The van der Waals surface area contributed by atoms with Crippen molar-refractivity contribution in [1.82, 2.24) is 4.57 Å². The van der Waals surface area contributed by atoms with Crippen LogP contribution in [-0.2, 0) is 16.2 Å². The van der Waals surface area contributed by atoms with Gasteiger partial charge in [-0.05, 0) is 198 Å². The lowest BCUT2D eigenvalue weighted by molar-refractivity contribution is 0.792. The minimum Gasteiger partial charge on any atom is -0.311 e. The van der Waals surface area contributed by atoms with E-state index >= 15 is 0 Å². The van der Waals surface area contributed by atoms with Gasteiger partial charge < -0.3 is 14.4 Å². The van der Waals surface area contributed by atoms with Gasteiger partial charge in [0.2, 0.25) is 0 Å². The van der Waals surface area contributed by atoms with Crippen molar-refractivity contribution in [3.8, 4) is 83.6 Å². The number of rotatable bonds is 4. The van der Waals surface area contributed by atoms with E-state index < -0.39 is 16.2 Å². The maximum absolute atomic E-state index is 2.80. The highest BCUT2D eigenvalue weighted by Crippen LogP contribution is 2.69. The van der Waals surface area contributed by atoms with Crippen LogP contribution in [0.15, 0.2) is 376 Å². The van der Waals surface area contributed by atoms with Crippen molar-refractivity contribution in [2.24, 2.45) is 0 Å². The Bertz CT molecular complexity index is 6960. The minimum absolute atomic E-state index is 0.316. The Labute approximate surface area is 631 Å². The van der Waals surface area contributed by atoms with Crippen molar-refractivity contribution in [2.75, 3.05) is 9.80 Å². The molecule has 6 aliphatic carbocycles. The van der Waals surface area contributed by atoms with Crippen LogP contribution in [0.25, 0.3) is 105 Å². The molecule has 1 aromatic heterocycles. The van der Waals surface area contributed by atoms with E-state index in [9.17, 15) is 0 Å². The molecule has 500 valence electrons. The average molecular weight is 1380 g/mol. The molecule has 0 bridgehead atoms. The maximum atomic E-state index is 2.80. The lowest BCUT2D eigenvalue weighted by Gasteiger charge is -2.46. The number of fused-ring (bicyclic) bond motifs is 38. The topological polar surface area (TPSA) is 11.4 Å². The fourth-order valence-electron chi connectivity index (χ4n) is 23.0. The third kappa shape index (κ3) is 6.88. The predicted molar refractivity (Wildman–Crippen MR) is 449 cm³/mol. The van der Waals surface area contributed by atoms with Gasteiger partial charge in [-0.2, -0.15) is 0 Å². The van der Waals surface area contributed by atoms with Gasteiger partial charge in [0.1, 0.15) is 0 Å². The van der Waals surface area contributed by atoms with Gasteiger partial charge in [-0.1, -0.05) is 328 Å². The lowest BCUT2D eigenvalue weighted by Crippen LogP contribution is -2.62. The molecular formula is C105H62BN3. The van der Waals surface area contributed by atoms with Gasteiger partial charge >= 0.3 is 0 Å². The second-order valence-corrected chi connectivity index (χ2v) is 31.0. The summed E-state index contributed by atoms with van der Waals surface area (Å²) in [6.45, 7) is -0.316. The standard InChI is InChI=1S/C105H62BN3/c1-2-28-63(29-3-1)64-56-58-92-89(60-64)106-101-96(108(92)93-54-27-51-87-98(93)76-39-11-22-49-85(76)103(87)78-42-15-4-30-66(78)67-31-5-16-43-79(67)103)61-65(107-90-52-24-13-37-73(90)74-38-14-25-53-91(74)107)62-97(101)109(94-55-26-41-75-72-36-10-21-48-84(72)105(100(75)94)82-46-19-8-34-70(82)71-35-9-20-47-83(71)105)95-59-57-88-99(102(95)106)77-40-12-23-50-86(77)104(88)80-44-17-6-32-68(80)69-33-7-18-45-81(69)104/h1-62H. The Morgan fingerprint density at radius 3 is 1.09 bits per heavy atom. The Balaban J connectivity index is 0.861. The molecule has 2 aliphatic heterocycles. The van der Waals surface area contributed by atoms with E-state index in [0.29, 0.717) is 0 Å². The minimum atomic E-state index is -0.698. The van der Waals surface area contributed by atoms with E-state index in [1.165, 1.54) is 177 Å². The molecule has 18 aromatic rings. The molecule has 17 aromatic carbocycles. The number of nitrogens with zero attached hydrogens (tertiary/aromatic N) is 3. The molecule has 3 spiro atoms. The van der Waals surface area contributed by atoms with Crippen molar-refractivity contribution in [3.05, 3.63) is 443 Å². The molecule has 0 saturated carbocycles. The van der Waals surface area contributed by atoms with E-state index in [1.807, 2.05) is 0 Å². The highest BCUT2D eigenvalue weighted by molar-refractivity contribution is 7.01. The molecule has 0 unspecified atom stereocenters. The van der Waals surface area contributed by atoms with Crippen molar-refractivity contribution in [1.29, 1.82) is 0 Å². The Morgan fingerprint density at radius 1 is 0.211 bits per heavy atom. The monoisotopic (exact) mass is 1380 g/mol. The number of hydrogen-bond donors (Lipinski definition) is 0. The van der Waals surface area contributed by atoms with Crippen molar-refractivity contribution < 1.29 is 0 Å². The quantitative estimate of drug-likeness (QED) is 0.163. The highest BCUT2D eigenvalue weighted by Gasteiger charge is 2.59. The summed E-state index contributed by atoms with van der Waals surface area (Å²) in [6.07, 6.45) is 0. The molecule has 3 heterocycles. The van der Waals surface area contributed by atoms with E-state index in [2.05, 4.69) is 390 Å². The van der Waals surface area contributed by atoms with Crippen molar-refractivity contribution >= 4 is 79.0 Å². The Morgan fingerprint density at radius 2 is 0.578 bits per heavy atom. The summed E-state index contributed by atoms with van der Waals surface area (Å²) in [5, 5.41) is 2.44. The Kier molecular flexibility index (Phi) is 11.2. The first-order chi connectivity index (χ1) is 54.1. The van der Waals surface area contributed by atoms with E-state index in [1.54, 1.807) is 0 Å². The van der Waals surface area contributed by atoms with Gasteiger partial charge in [0.25, 0.3) is 6.71 Å². The number of para-hydroxylation sites is 2. The second kappa shape index (κ2) is 20.8. The van der Waals surface area contributed by atoms with Crippen LogP contribution in [0.2, 0.25) is 0 Å². The van der Waals surface area contributed by atoms with Gasteiger partial charge in [0.15, 0.2) is 0 Å². The Hall–Kier alpha value is -13.8. The van der Waals surface area contributed by atoms with Crippen LogP contribution in [0.3, 0.4) is 0 Å².